The van der Waals surface area contributed by atoms with Gasteiger partial charge in [-0.25, -0.2) is 0 Å². The molecule has 1 aromatic carbocycles. The van der Waals surface area contributed by atoms with Crippen molar-refractivity contribution in [3.63, 3.8) is 0 Å². The molecule has 5 rings (SSSR count). The first-order valence-electron chi connectivity index (χ1n) is 10.7. The quantitative estimate of drug-likeness (QED) is 0.755. The summed E-state index contributed by atoms with van der Waals surface area (Å²) in [5.74, 6) is 1.93. The standard InChI is InChI=1S/C23H29N3O2S/c1-28-19-6-4-18(5-7-19)24-11-13-25(14-12-24)22(27)16-26-10-8-21-20(9-15-29-21)23(26)17-2-3-17/h4-7,9,15,17,23H,2-3,8,10-14,16H2,1H3/t23-/m0/s1. The van der Waals surface area contributed by atoms with Crippen LogP contribution in [0, 0.1) is 5.92 Å². The summed E-state index contributed by atoms with van der Waals surface area (Å²) in [5.41, 5.74) is 2.70. The van der Waals surface area contributed by atoms with E-state index in [1.54, 1.807) is 12.0 Å². The fourth-order valence-corrected chi connectivity index (χ4v) is 5.73. The SMILES string of the molecule is COc1ccc(N2CCN(C(=O)CN3CCc4sccc4[C@@H]3C3CC3)CC2)cc1. The van der Waals surface area contributed by atoms with E-state index in [-0.39, 0.29) is 0 Å². The molecule has 0 N–H and O–H groups in total. The van der Waals surface area contributed by atoms with Crippen molar-refractivity contribution in [1.29, 1.82) is 0 Å². The number of amides is 1. The van der Waals surface area contributed by atoms with Crippen LogP contribution in [-0.4, -0.2) is 62.1 Å². The third-order valence-electron chi connectivity index (χ3n) is 6.59. The monoisotopic (exact) mass is 411 g/mol. The van der Waals surface area contributed by atoms with Gasteiger partial charge in [0.2, 0.25) is 5.91 Å². The van der Waals surface area contributed by atoms with Crippen LogP contribution >= 0.6 is 11.3 Å². The summed E-state index contributed by atoms with van der Waals surface area (Å²) in [6, 6.07) is 11.0. The molecule has 1 atom stereocenters. The summed E-state index contributed by atoms with van der Waals surface area (Å²) >= 11 is 1.89. The average Bonchev–Trinajstić information content (AvgIpc) is 3.49. The van der Waals surface area contributed by atoms with Gasteiger partial charge < -0.3 is 14.5 Å². The van der Waals surface area contributed by atoms with Gasteiger partial charge in [-0.3, -0.25) is 9.69 Å². The lowest BCUT2D eigenvalue weighted by atomic mass is 9.96. The molecule has 1 amide bonds. The molecule has 2 fully saturated rings. The lowest BCUT2D eigenvalue weighted by Crippen LogP contribution is -2.52. The number of hydrogen-bond acceptors (Lipinski definition) is 5. The van der Waals surface area contributed by atoms with E-state index in [4.69, 9.17) is 4.74 Å². The third-order valence-corrected chi connectivity index (χ3v) is 7.59. The highest BCUT2D eigenvalue weighted by Gasteiger charge is 2.40. The summed E-state index contributed by atoms with van der Waals surface area (Å²) in [5, 5.41) is 2.23. The lowest BCUT2D eigenvalue weighted by Gasteiger charge is -2.39. The summed E-state index contributed by atoms with van der Waals surface area (Å²) in [6.45, 7) is 4.97. The van der Waals surface area contributed by atoms with Crippen LogP contribution in [0.5, 0.6) is 5.75 Å². The van der Waals surface area contributed by atoms with E-state index in [9.17, 15) is 4.79 Å². The Hall–Kier alpha value is -2.05. The average molecular weight is 412 g/mol. The molecule has 2 aromatic rings. The highest BCUT2D eigenvalue weighted by molar-refractivity contribution is 7.10. The number of carbonyl (C=O) groups excluding carboxylic acids is 1. The second kappa shape index (κ2) is 8.00. The minimum absolute atomic E-state index is 0.295. The molecule has 3 aliphatic rings. The van der Waals surface area contributed by atoms with E-state index < -0.39 is 0 Å². The van der Waals surface area contributed by atoms with E-state index in [2.05, 4.69) is 38.3 Å². The van der Waals surface area contributed by atoms with Crippen LogP contribution in [0.2, 0.25) is 0 Å². The van der Waals surface area contributed by atoms with Gasteiger partial charge in [0.15, 0.2) is 0 Å². The maximum atomic E-state index is 13.1. The van der Waals surface area contributed by atoms with Crippen molar-refractivity contribution in [2.45, 2.75) is 25.3 Å². The van der Waals surface area contributed by atoms with Crippen molar-refractivity contribution < 1.29 is 9.53 Å². The Labute approximate surface area is 176 Å². The first-order chi connectivity index (χ1) is 14.2. The van der Waals surface area contributed by atoms with E-state index in [0.717, 1.165) is 50.8 Å². The smallest absolute Gasteiger partial charge is 0.236 e. The molecule has 1 saturated carbocycles. The molecule has 0 radical (unpaired) electrons. The van der Waals surface area contributed by atoms with Gasteiger partial charge in [0.25, 0.3) is 0 Å². The van der Waals surface area contributed by atoms with Gasteiger partial charge in [0.1, 0.15) is 5.75 Å². The Morgan fingerprint density at radius 3 is 2.52 bits per heavy atom. The maximum Gasteiger partial charge on any atom is 0.236 e. The van der Waals surface area contributed by atoms with Crippen molar-refractivity contribution >= 4 is 22.9 Å². The van der Waals surface area contributed by atoms with Crippen LogP contribution in [0.25, 0.3) is 0 Å². The van der Waals surface area contributed by atoms with Crippen LogP contribution in [0.1, 0.15) is 29.3 Å². The summed E-state index contributed by atoms with van der Waals surface area (Å²) in [6.07, 6.45) is 3.71. The van der Waals surface area contributed by atoms with E-state index >= 15 is 0 Å². The van der Waals surface area contributed by atoms with Gasteiger partial charge in [-0.1, -0.05) is 0 Å². The molecule has 2 aliphatic heterocycles. The van der Waals surface area contributed by atoms with E-state index in [0.29, 0.717) is 18.5 Å². The molecular formula is C23H29N3O2S. The number of thiophene rings is 1. The van der Waals surface area contributed by atoms with Crippen LogP contribution in [0.3, 0.4) is 0 Å². The predicted octanol–water partition coefficient (Wildman–Crippen LogP) is 3.41. The van der Waals surface area contributed by atoms with Crippen LogP contribution in [-0.2, 0) is 11.2 Å². The van der Waals surface area contributed by atoms with Crippen LogP contribution in [0.15, 0.2) is 35.7 Å². The van der Waals surface area contributed by atoms with Crippen LogP contribution in [0.4, 0.5) is 5.69 Å². The van der Waals surface area contributed by atoms with Gasteiger partial charge in [0, 0.05) is 49.3 Å². The highest BCUT2D eigenvalue weighted by Crippen LogP contribution is 2.48. The van der Waals surface area contributed by atoms with Crippen molar-refractivity contribution in [2.24, 2.45) is 5.92 Å². The number of fused-ring (bicyclic) bond motifs is 1. The molecule has 1 aliphatic carbocycles. The lowest BCUT2D eigenvalue weighted by molar-refractivity contribution is -0.133. The minimum Gasteiger partial charge on any atom is -0.497 e. The van der Waals surface area contributed by atoms with E-state index in [1.807, 2.05) is 23.5 Å². The van der Waals surface area contributed by atoms with Crippen LogP contribution < -0.4 is 9.64 Å². The van der Waals surface area contributed by atoms with Gasteiger partial charge in [-0.05, 0) is 66.5 Å². The Kier molecular flexibility index (Phi) is 5.22. The number of ether oxygens (including phenoxy) is 1. The molecule has 154 valence electrons. The number of nitrogens with zero attached hydrogens (tertiary/aromatic N) is 3. The fraction of sp³-hybridized carbons (Fsp3) is 0.522. The molecule has 5 nitrogen and oxygen atoms in total. The molecule has 0 spiro atoms. The normalized spacial score (nSPS) is 22.4. The summed E-state index contributed by atoms with van der Waals surface area (Å²) in [7, 11) is 1.69. The number of rotatable bonds is 5. The second-order valence-corrected chi connectivity index (χ2v) is 9.37. The zero-order valence-corrected chi connectivity index (χ0v) is 17.9. The largest absolute Gasteiger partial charge is 0.497 e. The maximum absolute atomic E-state index is 13.1. The van der Waals surface area contributed by atoms with Gasteiger partial charge in [-0.2, -0.15) is 0 Å². The van der Waals surface area contributed by atoms with Crippen molar-refractivity contribution in [1.82, 2.24) is 9.80 Å². The Morgan fingerprint density at radius 2 is 1.83 bits per heavy atom. The molecule has 29 heavy (non-hydrogen) atoms. The molecule has 3 heterocycles. The topological polar surface area (TPSA) is 36.0 Å². The van der Waals surface area contributed by atoms with Crippen molar-refractivity contribution in [3.8, 4) is 5.75 Å². The van der Waals surface area contributed by atoms with Gasteiger partial charge in [-0.15, -0.1) is 11.3 Å². The minimum atomic E-state index is 0.295. The van der Waals surface area contributed by atoms with Crippen molar-refractivity contribution in [3.05, 3.63) is 46.2 Å². The molecule has 0 bridgehead atoms. The number of hydrogen-bond donors (Lipinski definition) is 0. The van der Waals surface area contributed by atoms with Gasteiger partial charge in [0.05, 0.1) is 13.7 Å². The molecular weight excluding hydrogens is 382 g/mol. The number of anilines is 1. The zero-order chi connectivity index (χ0) is 19.8. The summed E-state index contributed by atoms with van der Waals surface area (Å²) < 4.78 is 5.25. The Morgan fingerprint density at radius 1 is 1.07 bits per heavy atom. The Bertz CT molecular complexity index is 853. The van der Waals surface area contributed by atoms with E-state index in [1.165, 1.54) is 24.1 Å². The highest BCUT2D eigenvalue weighted by atomic mass is 32.1. The predicted molar refractivity (Wildman–Crippen MR) is 117 cm³/mol. The summed E-state index contributed by atoms with van der Waals surface area (Å²) in [4.78, 5) is 21.5. The number of piperazine rings is 1. The number of benzene rings is 1. The van der Waals surface area contributed by atoms with Gasteiger partial charge >= 0.3 is 0 Å². The number of methoxy groups -OCH3 is 1. The molecule has 1 saturated heterocycles. The molecule has 0 unspecified atom stereocenters. The molecule has 1 aromatic heterocycles. The third kappa shape index (κ3) is 3.88. The Balaban J connectivity index is 1.19. The fourth-order valence-electron chi connectivity index (χ4n) is 4.82. The second-order valence-electron chi connectivity index (χ2n) is 8.37. The van der Waals surface area contributed by atoms with Crippen molar-refractivity contribution in [2.75, 3.05) is 51.3 Å². The zero-order valence-electron chi connectivity index (χ0n) is 17.0. The molecule has 6 heteroatoms. The first-order valence-corrected chi connectivity index (χ1v) is 11.6. The first kappa shape index (κ1) is 18.9. The number of carbonyl (C=O) groups is 1.